The maximum absolute atomic E-state index is 13.9. The van der Waals surface area contributed by atoms with E-state index in [4.69, 9.17) is 4.74 Å². The molecule has 3 aromatic carbocycles. The van der Waals surface area contributed by atoms with Gasteiger partial charge in [-0.2, -0.15) is 13.2 Å². The molecule has 0 bridgehead atoms. The van der Waals surface area contributed by atoms with E-state index in [-0.39, 0.29) is 30.9 Å². The smallest absolute Gasteiger partial charge is 0.422 e. The predicted octanol–water partition coefficient (Wildman–Crippen LogP) is 6.25. The Labute approximate surface area is 209 Å². The fourth-order valence-corrected chi connectivity index (χ4v) is 4.65. The van der Waals surface area contributed by atoms with Crippen molar-refractivity contribution in [1.82, 2.24) is 4.90 Å². The van der Waals surface area contributed by atoms with Gasteiger partial charge in [0.05, 0.1) is 0 Å². The van der Waals surface area contributed by atoms with Crippen LogP contribution < -0.4 is 0 Å². The molecule has 0 radical (unpaired) electrons. The lowest BCUT2D eigenvalue weighted by Gasteiger charge is -2.25. The topological polar surface area (TPSA) is 66.8 Å². The Bertz CT molecular complexity index is 1270. The molecule has 4 rings (SSSR count). The first-order chi connectivity index (χ1) is 17.5. The minimum absolute atomic E-state index is 0.0428. The highest BCUT2D eigenvalue weighted by Crippen LogP contribution is 2.44. The normalized spacial score (nSPS) is 13.6. The van der Waals surface area contributed by atoms with Crippen molar-refractivity contribution in [3.63, 3.8) is 0 Å². The third-order valence-electron chi connectivity index (χ3n) is 6.47. The minimum Gasteiger partial charge on any atom is -0.480 e. The third-order valence-corrected chi connectivity index (χ3v) is 6.47. The van der Waals surface area contributed by atoms with Crippen molar-refractivity contribution in [3.05, 3.63) is 94.6 Å². The maximum Gasteiger partial charge on any atom is 0.422 e. The number of carbonyl (C=O) groups is 2. The molecule has 0 aliphatic heterocycles. The van der Waals surface area contributed by atoms with Gasteiger partial charge in [-0.25, -0.2) is 18.4 Å². The first-order valence-electron chi connectivity index (χ1n) is 11.3. The van der Waals surface area contributed by atoms with Gasteiger partial charge >= 0.3 is 18.2 Å². The van der Waals surface area contributed by atoms with E-state index in [1.54, 1.807) is 0 Å². The summed E-state index contributed by atoms with van der Waals surface area (Å²) in [5, 5.41) is 9.62. The maximum atomic E-state index is 13.9. The molecule has 37 heavy (non-hydrogen) atoms. The second-order valence-corrected chi connectivity index (χ2v) is 8.74. The van der Waals surface area contributed by atoms with Gasteiger partial charge in [-0.15, -0.1) is 0 Å². The van der Waals surface area contributed by atoms with Crippen LogP contribution in [0, 0.1) is 11.6 Å². The number of aryl methyl sites for hydroxylation is 1. The molecule has 0 spiro atoms. The number of benzene rings is 3. The third kappa shape index (κ3) is 5.28. The van der Waals surface area contributed by atoms with Crippen molar-refractivity contribution in [2.24, 2.45) is 0 Å². The largest absolute Gasteiger partial charge is 0.480 e. The molecule has 0 saturated heterocycles. The first kappa shape index (κ1) is 26.1. The van der Waals surface area contributed by atoms with E-state index in [1.165, 1.54) is 7.05 Å². The molecular formula is C27H22F5NO4. The van der Waals surface area contributed by atoms with E-state index in [9.17, 15) is 36.6 Å². The molecule has 0 heterocycles. The number of hydrogen-bond donors (Lipinski definition) is 1. The van der Waals surface area contributed by atoms with E-state index < -0.39 is 41.5 Å². The Morgan fingerprint density at radius 2 is 1.49 bits per heavy atom. The van der Waals surface area contributed by atoms with Crippen LogP contribution in [0.25, 0.3) is 11.1 Å². The predicted molar refractivity (Wildman–Crippen MR) is 124 cm³/mol. The van der Waals surface area contributed by atoms with Crippen molar-refractivity contribution < 1.29 is 41.4 Å². The lowest BCUT2D eigenvalue weighted by molar-refractivity contribution is -0.143. The molecule has 1 amide bonds. The Hall–Kier alpha value is -3.95. The van der Waals surface area contributed by atoms with Gasteiger partial charge in [0.2, 0.25) is 0 Å². The van der Waals surface area contributed by atoms with Crippen LogP contribution in [-0.2, 0) is 22.1 Å². The molecule has 1 unspecified atom stereocenters. The number of amides is 1. The first-order valence-corrected chi connectivity index (χ1v) is 11.3. The van der Waals surface area contributed by atoms with Gasteiger partial charge in [0.15, 0.2) is 0 Å². The second-order valence-electron chi connectivity index (χ2n) is 8.74. The van der Waals surface area contributed by atoms with Crippen LogP contribution in [0.3, 0.4) is 0 Å². The van der Waals surface area contributed by atoms with E-state index in [1.807, 2.05) is 48.5 Å². The molecule has 0 aromatic heterocycles. The average molecular weight is 519 g/mol. The summed E-state index contributed by atoms with van der Waals surface area (Å²) in [4.78, 5) is 25.4. The van der Waals surface area contributed by atoms with Gasteiger partial charge in [-0.05, 0) is 52.8 Å². The Morgan fingerprint density at radius 1 is 0.973 bits per heavy atom. The zero-order chi connectivity index (χ0) is 26.9. The van der Waals surface area contributed by atoms with Crippen LogP contribution in [0.5, 0.6) is 0 Å². The van der Waals surface area contributed by atoms with Crippen LogP contribution in [0.4, 0.5) is 26.7 Å². The monoisotopic (exact) mass is 519 g/mol. The molecule has 1 aliphatic carbocycles. The lowest BCUT2D eigenvalue weighted by Crippen LogP contribution is -2.43. The molecule has 0 saturated carbocycles. The quantitative estimate of drug-likeness (QED) is 0.375. The number of carboxylic acid groups (broad SMARTS) is 1. The fourth-order valence-electron chi connectivity index (χ4n) is 4.65. The van der Waals surface area contributed by atoms with Gasteiger partial charge in [0.1, 0.15) is 29.8 Å². The van der Waals surface area contributed by atoms with Gasteiger partial charge in [0, 0.05) is 13.0 Å². The van der Waals surface area contributed by atoms with E-state index >= 15 is 0 Å². The SMILES string of the molecule is CN(C(=O)OCC1c2ccccc2-c2ccccc21)C(CCc1cc(F)c(C(F)(F)F)c(F)c1)C(=O)O. The van der Waals surface area contributed by atoms with Crippen LogP contribution in [0.15, 0.2) is 60.7 Å². The van der Waals surface area contributed by atoms with E-state index in [2.05, 4.69) is 0 Å². The van der Waals surface area contributed by atoms with Crippen LogP contribution >= 0.6 is 0 Å². The number of fused-ring (bicyclic) bond motifs is 3. The second kappa shape index (κ2) is 10.2. The number of hydrogen-bond acceptors (Lipinski definition) is 3. The Balaban J connectivity index is 1.44. The van der Waals surface area contributed by atoms with Crippen LogP contribution in [0.2, 0.25) is 0 Å². The lowest BCUT2D eigenvalue weighted by atomic mass is 9.98. The van der Waals surface area contributed by atoms with E-state index in [0.29, 0.717) is 12.1 Å². The molecular weight excluding hydrogens is 497 g/mol. The van der Waals surface area contributed by atoms with Crippen LogP contribution in [-0.4, -0.2) is 41.8 Å². The highest BCUT2D eigenvalue weighted by atomic mass is 19.4. The summed E-state index contributed by atoms with van der Waals surface area (Å²) < 4.78 is 71.6. The summed E-state index contributed by atoms with van der Waals surface area (Å²) in [6, 6.07) is 14.9. The number of aliphatic carboxylic acids is 1. The van der Waals surface area contributed by atoms with Crippen molar-refractivity contribution in [3.8, 4) is 11.1 Å². The number of halogens is 5. The summed E-state index contributed by atoms with van der Waals surface area (Å²) in [6.45, 7) is -0.0428. The molecule has 194 valence electrons. The summed E-state index contributed by atoms with van der Waals surface area (Å²) in [7, 11) is 1.21. The summed E-state index contributed by atoms with van der Waals surface area (Å²) in [5.41, 5.74) is 1.80. The molecule has 1 atom stereocenters. The number of likely N-dealkylation sites (N-methyl/N-ethyl adjacent to an activating group) is 1. The number of carbonyl (C=O) groups excluding carboxylic acids is 1. The van der Waals surface area contributed by atoms with Crippen molar-refractivity contribution in [2.75, 3.05) is 13.7 Å². The number of nitrogens with zero attached hydrogens (tertiary/aromatic N) is 1. The molecule has 10 heteroatoms. The molecule has 3 aromatic rings. The highest BCUT2D eigenvalue weighted by molar-refractivity contribution is 5.81. The van der Waals surface area contributed by atoms with Gasteiger partial charge < -0.3 is 9.84 Å². The number of alkyl halides is 3. The Morgan fingerprint density at radius 3 is 1.97 bits per heavy atom. The number of rotatable bonds is 7. The van der Waals surface area contributed by atoms with Gasteiger partial charge in [0.25, 0.3) is 0 Å². The minimum atomic E-state index is -5.21. The summed E-state index contributed by atoms with van der Waals surface area (Å²) >= 11 is 0. The van der Waals surface area contributed by atoms with Crippen LogP contribution in [0.1, 0.15) is 34.6 Å². The van der Waals surface area contributed by atoms with Gasteiger partial charge in [-0.1, -0.05) is 48.5 Å². The van der Waals surface area contributed by atoms with E-state index in [0.717, 1.165) is 27.2 Å². The van der Waals surface area contributed by atoms with Crippen molar-refractivity contribution >= 4 is 12.1 Å². The van der Waals surface area contributed by atoms with Crippen molar-refractivity contribution in [1.29, 1.82) is 0 Å². The molecule has 5 nitrogen and oxygen atoms in total. The summed E-state index contributed by atoms with van der Waals surface area (Å²) in [6.07, 6.45) is -6.72. The average Bonchev–Trinajstić information content (AvgIpc) is 3.14. The zero-order valence-corrected chi connectivity index (χ0v) is 19.6. The molecule has 0 fully saturated rings. The zero-order valence-electron chi connectivity index (χ0n) is 19.6. The van der Waals surface area contributed by atoms with Crippen molar-refractivity contribution in [2.45, 2.75) is 31.0 Å². The molecule has 1 N–H and O–H groups in total. The summed E-state index contributed by atoms with van der Waals surface area (Å²) in [5.74, 6) is -5.23. The number of ether oxygens (including phenoxy) is 1. The highest BCUT2D eigenvalue weighted by Gasteiger charge is 2.38. The van der Waals surface area contributed by atoms with Gasteiger partial charge in [-0.3, -0.25) is 4.90 Å². The number of carboxylic acids is 1. The molecule has 1 aliphatic rings. The Kier molecular flexibility index (Phi) is 7.20. The standard InChI is InChI=1S/C27H22F5NO4/c1-33(23(25(34)35)11-10-15-12-21(28)24(22(29)13-15)27(30,31)32)26(36)37-14-20-18-8-4-2-6-16(18)17-7-3-5-9-19(17)20/h2-9,12-13,20,23H,10-11,14H2,1H3,(H,34,35). The fraction of sp³-hybridized carbons (Fsp3) is 0.259.